The van der Waals surface area contributed by atoms with E-state index < -0.39 is 0 Å². The molecule has 0 saturated carbocycles. The fourth-order valence-electron chi connectivity index (χ4n) is 1.36. The van der Waals surface area contributed by atoms with E-state index in [1.807, 2.05) is 18.2 Å². The molecule has 0 aliphatic heterocycles. The van der Waals surface area contributed by atoms with Crippen LogP contribution in [0.5, 0.6) is 0 Å². The molecule has 1 aromatic carbocycles. The zero-order valence-corrected chi connectivity index (χ0v) is 9.74. The van der Waals surface area contributed by atoms with Gasteiger partial charge in [0, 0.05) is 17.4 Å². The number of halogens is 2. The Bertz CT molecular complexity index is 566. The van der Waals surface area contributed by atoms with E-state index in [0.29, 0.717) is 11.6 Å². The molecule has 0 fully saturated rings. The highest BCUT2D eigenvalue weighted by molar-refractivity contribution is 6.31. The van der Waals surface area contributed by atoms with Crippen molar-refractivity contribution in [1.29, 1.82) is 0 Å². The van der Waals surface area contributed by atoms with Crippen LogP contribution in [0.2, 0.25) is 10.2 Å². The highest BCUT2D eigenvalue weighted by Crippen LogP contribution is 2.15. The highest BCUT2D eigenvalue weighted by atomic mass is 35.5. The third-order valence-electron chi connectivity index (χ3n) is 2.17. The van der Waals surface area contributed by atoms with E-state index in [-0.39, 0.29) is 10.7 Å². The molecule has 0 spiro atoms. The van der Waals surface area contributed by atoms with E-state index in [2.05, 4.69) is 4.98 Å². The zero-order valence-electron chi connectivity index (χ0n) is 8.23. The first-order chi connectivity index (χ1) is 7.68. The fourth-order valence-corrected chi connectivity index (χ4v) is 1.72. The van der Waals surface area contributed by atoms with Gasteiger partial charge in [0.05, 0.1) is 6.54 Å². The average molecular weight is 255 g/mol. The quantitative estimate of drug-likeness (QED) is 0.826. The first kappa shape index (κ1) is 11.2. The molecule has 0 aliphatic carbocycles. The van der Waals surface area contributed by atoms with Gasteiger partial charge in [-0.25, -0.2) is 4.98 Å². The molecule has 5 heteroatoms. The van der Waals surface area contributed by atoms with Gasteiger partial charge < -0.3 is 4.57 Å². The Morgan fingerprint density at radius 1 is 1.25 bits per heavy atom. The fraction of sp³-hybridized carbons (Fsp3) is 0.0909. The molecule has 1 heterocycles. The Labute approximate surface area is 102 Å². The lowest BCUT2D eigenvalue weighted by Crippen LogP contribution is -2.21. The van der Waals surface area contributed by atoms with Gasteiger partial charge in [0.2, 0.25) is 0 Å². The Kier molecular flexibility index (Phi) is 3.27. The molecule has 2 aromatic rings. The van der Waals surface area contributed by atoms with Gasteiger partial charge in [0.1, 0.15) is 0 Å². The number of hydrogen-bond acceptors (Lipinski definition) is 2. The van der Waals surface area contributed by atoms with E-state index in [9.17, 15) is 4.79 Å². The lowest BCUT2D eigenvalue weighted by molar-refractivity contribution is 0.748. The first-order valence-corrected chi connectivity index (χ1v) is 5.38. The van der Waals surface area contributed by atoms with Crippen LogP contribution < -0.4 is 5.56 Å². The molecule has 3 nitrogen and oxygen atoms in total. The third kappa shape index (κ3) is 2.26. The zero-order chi connectivity index (χ0) is 11.5. The maximum Gasteiger partial charge on any atom is 0.288 e. The molecule has 0 radical (unpaired) electrons. The summed E-state index contributed by atoms with van der Waals surface area (Å²) >= 11 is 11.6. The predicted molar refractivity (Wildman–Crippen MR) is 64.1 cm³/mol. The van der Waals surface area contributed by atoms with Crippen molar-refractivity contribution in [2.45, 2.75) is 6.54 Å². The number of rotatable bonds is 2. The molecule has 0 bridgehead atoms. The summed E-state index contributed by atoms with van der Waals surface area (Å²) in [4.78, 5) is 15.3. The van der Waals surface area contributed by atoms with Gasteiger partial charge in [0.25, 0.3) is 5.56 Å². The van der Waals surface area contributed by atoms with Crippen molar-refractivity contribution in [3.8, 4) is 0 Å². The van der Waals surface area contributed by atoms with E-state index >= 15 is 0 Å². The monoisotopic (exact) mass is 254 g/mol. The Morgan fingerprint density at radius 3 is 2.75 bits per heavy atom. The van der Waals surface area contributed by atoms with Crippen LogP contribution in [0, 0.1) is 0 Å². The van der Waals surface area contributed by atoms with Gasteiger partial charge in [-0.1, -0.05) is 41.4 Å². The molecule has 82 valence electrons. The minimum atomic E-state index is -0.316. The topological polar surface area (TPSA) is 34.9 Å². The summed E-state index contributed by atoms with van der Waals surface area (Å²) in [5.74, 6) is 0. The van der Waals surface area contributed by atoms with Crippen LogP contribution in [0.25, 0.3) is 0 Å². The normalized spacial score (nSPS) is 10.4. The van der Waals surface area contributed by atoms with Crippen molar-refractivity contribution < 1.29 is 0 Å². The molecule has 0 saturated heterocycles. The van der Waals surface area contributed by atoms with Gasteiger partial charge >= 0.3 is 0 Å². The third-order valence-corrected chi connectivity index (χ3v) is 2.80. The Balaban J connectivity index is 2.39. The van der Waals surface area contributed by atoms with Crippen molar-refractivity contribution in [3.05, 3.63) is 62.8 Å². The van der Waals surface area contributed by atoms with Crippen LogP contribution in [0.1, 0.15) is 5.56 Å². The lowest BCUT2D eigenvalue weighted by Gasteiger charge is -2.06. The Morgan fingerprint density at radius 2 is 2.00 bits per heavy atom. The van der Waals surface area contributed by atoms with Crippen molar-refractivity contribution in [2.75, 3.05) is 0 Å². The van der Waals surface area contributed by atoms with Crippen LogP contribution in [0.3, 0.4) is 0 Å². The number of aromatic nitrogens is 2. The second-order valence-electron chi connectivity index (χ2n) is 3.24. The largest absolute Gasteiger partial charge is 0.307 e. The molecule has 0 atom stereocenters. The molecule has 0 aliphatic rings. The lowest BCUT2D eigenvalue weighted by atomic mass is 10.2. The van der Waals surface area contributed by atoms with Crippen molar-refractivity contribution >= 4 is 23.2 Å². The summed E-state index contributed by atoms with van der Waals surface area (Å²) in [6.07, 6.45) is 3.07. The summed E-state index contributed by atoms with van der Waals surface area (Å²) in [5.41, 5.74) is 0.553. The number of nitrogens with zero attached hydrogens (tertiary/aromatic N) is 2. The van der Waals surface area contributed by atoms with Gasteiger partial charge in [-0.3, -0.25) is 4.79 Å². The van der Waals surface area contributed by atoms with Crippen LogP contribution in [-0.2, 0) is 6.54 Å². The van der Waals surface area contributed by atoms with Gasteiger partial charge in [-0.15, -0.1) is 0 Å². The first-order valence-electron chi connectivity index (χ1n) is 4.63. The molecule has 0 amide bonds. The summed E-state index contributed by atoms with van der Waals surface area (Å²) in [6.45, 7) is 0.390. The molecule has 0 N–H and O–H groups in total. The molecule has 2 rings (SSSR count). The molecule has 1 aromatic heterocycles. The summed E-state index contributed by atoms with van der Waals surface area (Å²) < 4.78 is 1.47. The summed E-state index contributed by atoms with van der Waals surface area (Å²) in [7, 11) is 0. The maximum atomic E-state index is 11.6. The highest BCUT2D eigenvalue weighted by Gasteiger charge is 2.04. The van der Waals surface area contributed by atoms with Crippen molar-refractivity contribution in [3.63, 3.8) is 0 Å². The molecule has 16 heavy (non-hydrogen) atoms. The Hall–Kier alpha value is -1.32. The van der Waals surface area contributed by atoms with Crippen LogP contribution >= 0.6 is 23.2 Å². The standard InChI is InChI=1S/C11H8Cl2N2O/c12-9-4-2-1-3-8(9)7-15-6-5-14-10(13)11(15)16/h1-6H,7H2. The number of benzene rings is 1. The van der Waals surface area contributed by atoms with Gasteiger partial charge in [-0.05, 0) is 11.6 Å². The van der Waals surface area contributed by atoms with Crippen LogP contribution in [0.15, 0.2) is 41.5 Å². The smallest absolute Gasteiger partial charge is 0.288 e. The van der Waals surface area contributed by atoms with E-state index in [1.54, 1.807) is 12.3 Å². The molecular formula is C11H8Cl2N2O. The minimum Gasteiger partial charge on any atom is -0.307 e. The van der Waals surface area contributed by atoms with E-state index in [1.165, 1.54) is 10.8 Å². The summed E-state index contributed by atoms with van der Waals surface area (Å²) in [5, 5.41) is 0.594. The second kappa shape index (κ2) is 4.68. The maximum absolute atomic E-state index is 11.6. The minimum absolute atomic E-state index is 0.0328. The summed E-state index contributed by atoms with van der Waals surface area (Å²) in [6, 6.07) is 7.36. The SMILES string of the molecule is O=c1c(Cl)nccn1Cc1ccccc1Cl. The van der Waals surface area contributed by atoms with Crippen LogP contribution in [0.4, 0.5) is 0 Å². The van der Waals surface area contributed by atoms with E-state index in [0.717, 1.165) is 5.56 Å². The predicted octanol–water partition coefficient (Wildman–Crippen LogP) is 2.60. The van der Waals surface area contributed by atoms with Gasteiger partial charge in [0.15, 0.2) is 5.15 Å². The molecular weight excluding hydrogens is 247 g/mol. The number of hydrogen-bond donors (Lipinski definition) is 0. The molecule has 0 unspecified atom stereocenters. The average Bonchev–Trinajstić information content (AvgIpc) is 2.28. The second-order valence-corrected chi connectivity index (χ2v) is 4.01. The van der Waals surface area contributed by atoms with Crippen molar-refractivity contribution in [1.82, 2.24) is 9.55 Å². The van der Waals surface area contributed by atoms with E-state index in [4.69, 9.17) is 23.2 Å². The van der Waals surface area contributed by atoms with Crippen molar-refractivity contribution in [2.24, 2.45) is 0 Å². The van der Waals surface area contributed by atoms with Crippen LogP contribution in [-0.4, -0.2) is 9.55 Å². The van der Waals surface area contributed by atoms with Gasteiger partial charge in [-0.2, -0.15) is 0 Å².